The van der Waals surface area contributed by atoms with Crippen molar-refractivity contribution in [3.8, 4) is 0 Å². The van der Waals surface area contributed by atoms with Crippen molar-refractivity contribution in [3.05, 3.63) is 0 Å². The second-order valence-corrected chi connectivity index (χ2v) is 8.37. The van der Waals surface area contributed by atoms with Crippen LogP contribution >= 0.6 is 0 Å². The minimum atomic E-state index is -0.0418. The summed E-state index contributed by atoms with van der Waals surface area (Å²) >= 11 is 0. The third kappa shape index (κ3) is 2.50. The zero-order chi connectivity index (χ0) is 15.4. The molecule has 0 N–H and O–H groups in total. The van der Waals surface area contributed by atoms with E-state index in [0.717, 1.165) is 25.9 Å². The molecule has 0 unspecified atom stereocenters. The highest BCUT2D eigenvalue weighted by Gasteiger charge is 2.65. The van der Waals surface area contributed by atoms with Crippen LogP contribution in [0.4, 0.5) is 0 Å². The molecule has 1 saturated carbocycles. The lowest BCUT2D eigenvalue weighted by atomic mass is 9.98. The monoisotopic (exact) mass is 294 g/mol. The molecule has 3 fully saturated rings. The highest BCUT2D eigenvalue weighted by Crippen LogP contribution is 2.61. The second kappa shape index (κ2) is 4.95. The maximum atomic E-state index is 11.9. The topological polar surface area (TPSA) is 32.8 Å². The third-order valence-corrected chi connectivity index (χ3v) is 5.79. The fourth-order valence-electron chi connectivity index (χ4n) is 5.12. The first-order valence-corrected chi connectivity index (χ1v) is 8.39. The standard InChI is InChI=1S/C17H30N2O2/c1-12-9-17(10-14(17)19(12)16(2,3)4)11-18-8-6-7-13(18)15(20)21-5/h12-14H,6-11H2,1-5H3/t12-,13+,14-,17+/m1/s1. The van der Waals surface area contributed by atoms with Gasteiger partial charge in [-0.3, -0.25) is 14.6 Å². The molecule has 21 heavy (non-hydrogen) atoms. The van der Waals surface area contributed by atoms with Gasteiger partial charge in [0.25, 0.3) is 0 Å². The summed E-state index contributed by atoms with van der Waals surface area (Å²) in [5.74, 6) is -0.0418. The lowest BCUT2D eigenvalue weighted by Gasteiger charge is -2.37. The van der Waals surface area contributed by atoms with Gasteiger partial charge in [0, 0.05) is 29.6 Å². The van der Waals surface area contributed by atoms with Crippen LogP contribution in [0.1, 0.15) is 53.4 Å². The predicted molar refractivity (Wildman–Crippen MR) is 83.1 cm³/mol. The lowest BCUT2D eigenvalue weighted by Crippen LogP contribution is -2.45. The molecule has 3 rings (SSSR count). The number of hydrogen-bond acceptors (Lipinski definition) is 4. The summed E-state index contributed by atoms with van der Waals surface area (Å²) in [7, 11) is 1.51. The summed E-state index contributed by atoms with van der Waals surface area (Å²) in [4.78, 5) is 17.0. The largest absolute Gasteiger partial charge is 0.468 e. The minimum Gasteiger partial charge on any atom is -0.468 e. The third-order valence-electron chi connectivity index (χ3n) is 5.79. The second-order valence-electron chi connectivity index (χ2n) is 8.37. The first-order valence-electron chi connectivity index (χ1n) is 8.39. The summed E-state index contributed by atoms with van der Waals surface area (Å²) in [6.45, 7) is 11.5. The fraction of sp³-hybridized carbons (Fsp3) is 0.941. The number of nitrogens with zero attached hydrogens (tertiary/aromatic N) is 2. The quantitative estimate of drug-likeness (QED) is 0.748. The van der Waals surface area contributed by atoms with Crippen molar-refractivity contribution in [2.45, 2.75) is 77.0 Å². The number of fused-ring (bicyclic) bond motifs is 1. The predicted octanol–water partition coefficient (Wildman–Crippen LogP) is 2.28. The maximum absolute atomic E-state index is 11.9. The van der Waals surface area contributed by atoms with Crippen LogP contribution in [0.15, 0.2) is 0 Å². The summed E-state index contributed by atoms with van der Waals surface area (Å²) in [5.41, 5.74) is 0.679. The number of hydrogen-bond donors (Lipinski definition) is 0. The normalized spacial score (nSPS) is 40.3. The number of carbonyl (C=O) groups is 1. The molecule has 0 aromatic heterocycles. The van der Waals surface area contributed by atoms with Crippen LogP contribution in [0.2, 0.25) is 0 Å². The van der Waals surface area contributed by atoms with Gasteiger partial charge in [-0.2, -0.15) is 0 Å². The van der Waals surface area contributed by atoms with E-state index in [1.807, 2.05) is 0 Å². The van der Waals surface area contributed by atoms with E-state index in [1.54, 1.807) is 0 Å². The Morgan fingerprint density at radius 2 is 2.05 bits per heavy atom. The van der Waals surface area contributed by atoms with Crippen LogP contribution in [0.3, 0.4) is 0 Å². The van der Waals surface area contributed by atoms with Crippen LogP contribution in [0.5, 0.6) is 0 Å². The fourth-order valence-corrected chi connectivity index (χ4v) is 5.12. The molecule has 2 aliphatic heterocycles. The van der Waals surface area contributed by atoms with Gasteiger partial charge >= 0.3 is 5.97 Å². The average molecular weight is 294 g/mol. The Labute approximate surface area is 128 Å². The first-order chi connectivity index (χ1) is 9.78. The summed E-state index contributed by atoms with van der Waals surface area (Å²) in [6.07, 6.45) is 4.67. The van der Waals surface area contributed by atoms with E-state index in [9.17, 15) is 4.79 Å². The highest BCUT2D eigenvalue weighted by atomic mass is 16.5. The number of likely N-dealkylation sites (tertiary alicyclic amines) is 2. The number of rotatable bonds is 3. The summed E-state index contributed by atoms with van der Waals surface area (Å²) < 4.78 is 4.98. The van der Waals surface area contributed by atoms with Crippen molar-refractivity contribution in [2.75, 3.05) is 20.2 Å². The van der Waals surface area contributed by atoms with Gasteiger partial charge < -0.3 is 4.74 Å². The maximum Gasteiger partial charge on any atom is 0.323 e. The molecule has 2 heterocycles. The molecule has 4 nitrogen and oxygen atoms in total. The van der Waals surface area contributed by atoms with Crippen molar-refractivity contribution < 1.29 is 9.53 Å². The van der Waals surface area contributed by atoms with E-state index in [2.05, 4.69) is 37.5 Å². The Bertz CT molecular complexity index is 431. The van der Waals surface area contributed by atoms with Crippen LogP contribution in [0.25, 0.3) is 0 Å². The van der Waals surface area contributed by atoms with E-state index < -0.39 is 0 Å². The molecular weight excluding hydrogens is 264 g/mol. The molecule has 120 valence electrons. The van der Waals surface area contributed by atoms with Crippen LogP contribution < -0.4 is 0 Å². The van der Waals surface area contributed by atoms with Crippen molar-refractivity contribution in [3.63, 3.8) is 0 Å². The zero-order valence-electron chi connectivity index (χ0n) is 14.2. The lowest BCUT2D eigenvalue weighted by molar-refractivity contribution is -0.146. The molecule has 0 bridgehead atoms. The van der Waals surface area contributed by atoms with Crippen LogP contribution in [-0.4, -0.2) is 59.6 Å². The van der Waals surface area contributed by atoms with E-state index in [4.69, 9.17) is 4.74 Å². The zero-order valence-corrected chi connectivity index (χ0v) is 14.2. The Kier molecular flexibility index (Phi) is 3.61. The molecule has 0 spiro atoms. The molecule has 4 atom stereocenters. The van der Waals surface area contributed by atoms with Crippen LogP contribution in [0, 0.1) is 5.41 Å². The molecule has 0 aromatic rings. The number of piperidine rings is 1. The van der Waals surface area contributed by atoms with Gasteiger partial charge in [-0.05, 0) is 59.9 Å². The van der Waals surface area contributed by atoms with Gasteiger partial charge in [0.15, 0.2) is 0 Å². The number of esters is 1. The van der Waals surface area contributed by atoms with Crippen molar-refractivity contribution in [1.29, 1.82) is 0 Å². The minimum absolute atomic E-state index is 0.00428. The number of methoxy groups -OCH3 is 1. The molecular formula is C17H30N2O2. The van der Waals surface area contributed by atoms with E-state index in [-0.39, 0.29) is 17.6 Å². The average Bonchev–Trinajstić information content (AvgIpc) is 2.76. The van der Waals surface area contributed by atoms with Gasteiger partial charge in [0.05, 0.1) is 7.11 Å². The van der Waals surface area contributed by atoms with Crippen molar-refractivity contribution >= 4 is 5.97 Å². The van der Waals surface area contributed by atoms with E-state index >= 15 is 0 Å². The molecule has 3 aliphatic rings. The van der Waals surface area contributed by atoms with Crippen LogP contribution in [-0.2, 0) is 9.53 Å². The summed E-state index contributed by atoms with van der Waals surface area (Å²) in [5, 5.41) is 0. The molecule has 0 aromatic carbocycles. The number of ether oxygens (including phenoxy) is 1. The Morgan fingerprint density at radius 1 is 1.33 bits per heavy atom. The smallest absolute Gasteiger partial charge is 0.323 e. The summed E-state index contributed by atoms with van der Waals surface area (Å²) in [6, 6.07) is 1.37. The Hall–Kier alpha value is -0.610. The first kappa shape index (κ1) is 15.3. The molecule has 2 saturated heterocycles. The molecule has 0 amide bonds. The van der Waals surface area contributed by atoms with Crippen molar-refractivity contribution in [2.24, 2.45) is 5.41 Å². The molecule has 0 radical (unpaired) electrons. The Balaban J connectivity index is 1.69. The molecule has 1 aliphatic carbocycles. The van der Waals surface area contributed by atoms with E-state index in [0.29, 0.717) is 17.5 Å². The molecule has 4 heteroatoms. The van der Waals surface area contributed by atoms with Gasteiger partial charge in [0.1, 0.15) is 6.04 Å². The number of carbonyl (C=O) groups excluding carboxylic acids is 1. The van der Waals surface area contributed by atoms with E-state index in [1.165, 1.54) is 20.0 Å². The van der Waals surface area contributed by atoms with Gasteiger partial charge in [-0.1, -0.05) is 0 Å². The van der Waals surface area contributed by atoms with Gasteiger partial charge in [-0.15, -0.1) is 0 Å². The Morgan fingerprint density at radius 3 is 2.62 bits per heavy atom. The SMILES string of the molecule is COC(=O)[C@@H]1CCCN1C[C@@]12C[C@@H](C)N(C(C)(C)C)[C@@H]1C2. The highest BCUT2D eigenvalue weighted by molar-refractivity contribution is 5.76. The van der Waals surface area contributed by atoms with Gasteiger partial charge in [0.2, 0.25) is 0 Å². The van der Waals surface area contributed by atoms with Gasteiger partial charge in [-0.25, -0.2) is 0 Å². The van der Waals surface area contributed by atoms with Crippen molar-refractivity contribution in [1.82, 2.24) is 9.80 Å².